The number of benzene rings is 2. The number of fused-ring (bicyclic) bond motifs is 1. The van der Waals surface area contributed by atoms with Crippen LogP contribution in [0.2, 0.25) is 0 Å². The van der Waals surface area contributed by atoms with E-state index in [1.165, 1.54) is 16.8 Å². The summed E-state index contributed by atoms with van der Waals surface area (Å²) in [7, 11) is 0. The molecule has 0 aliphatic carbocycles. The average Bonchev–Trinajstić information content (AvgIpc) is 3.10. The topological polar surface area (TPSA) is 52.7 Å². The molecule has 0 spiro atoms. The minimum absolute atomic E-state index is 0.126. The van der Waals surface area contributed by atoms with E-state index in [-0.39, 0.29) is 17.3 Å². The fourth-order valence-electron chi connectivity index (χ4n) is 3.16. The lowest BCUT2D eigenvalue weighted by Crippen LogP contribution is -2.27. The van der Waals surface area contributed by atoms with Crippen LogP contribution < -0.4 is 5.56 Å². The fraction of sp³-hybridized carbons (Fsp3) is 0.190. The van der Waals surface area contributed by atoms with Crippen LogP contribution in [0.25, 0.3) is 16.6 Å². The number of hydrogen-bond acceptors (Lipinski definition) is 3. The second-order valence-electron chi connectivity index (χ2n) is 6.78. The normalized spacial score (nSPS) is 11.4. The van der Waals surface area contributed by atoms with E-state index in [2.05, 4.69) is 10.2 Å². The monoisotopic (exact) mass is 362 g/mol. The van der Waals surface area contributed by atoms with Crippen molar-refractivity contribution in [2.24, 2.45) is 0 Å². The standard InChI is InChI=1S/C21H19FN4O/c1-14(2)19-18-12-23-26(17-10-8-16(22)9-11-17)20(18)21(27)25(24-19)13-15-6-4-3-5-7-15/h3-12,14H,13H2,1-2H3. The van der Waals surface area contributed by atoms with Crippen LogP contribution in [0.15, 0.2) is 65.6 Å². The predicted molar refractivity (Wildman–Crippen MR) is 103 cm³/mol. The summed E-state index contributed by atoms with van der Waals surface area (Å²) in [5.74, 6) is -0.206. The third-order valence-electron chi connectivity index (χ3n) is 4.50. The number of aromatic nitrogens is 4. The number of rotatable bonds is 4. The number of nitrogens with zero attached hydrogens (tertiary/aromatic N) is 4. The molecule has 0 unspecified atom stereocenters. The molecule has 0 saturated carbocycles. The van der Waals surface area contributed by atoms with E-state index in [0.29, 0.717) is 17.7 Å². The fourth-order valence-corrected chi connectivity index (χ4v) is 3.16. The molecule has 2 heterocycles. The van der Waals surface area contributed by atoms with Gasteiger partial charge in [0.15, 0.2) is 0 Å². The Morgan fingerprint density at radius 2 is 1.74 bits per heavy atom. The second-order valence-corrected chi connectivity index (χ2v) is 6.78. The molecule has 0 fully saturated rings. The van der Waals surface area contributed by atoms with Crippen LogP contribution in [0.4, 0.5) is 4.39 Å². The largest absolute Gasteiger partial charge is 0.293 e. The summed E-state index contributed by atoms with van der Waals surface area (Å²) in [5.41, 5.74) is 2.68. The lowest BCUT2D eigenvalue weighted by Gasteiger charge is -2.12. The van der Waals surface area contributed by atoms with E-state index in [1.807, 2.05) is 44.2 Å². The summed E-state index contributed by atoms with van der Waals surface area (Å²) >= 11 is 0. The van der Waals surface area contributed by atoms with E-state index < -0.39 is 0 Å². The van der Waals surface area contributed by atoms with Crippen molar-refractivity contribution >= 4 is 10.9 Å². The maximum atomic E-state index is 13.3. The van der Waals surface area contributed by atoms with Gasteiger partial charge < -0.3 is 0 Å². The van der Waals surface area contributed by atoms with Gasteiger partial charge in [0.2, 0.25) is 0 Å². The van der Waals surface area contributed by atoms with Crippen LogP contribution >= 0.6 is 0 Å². The Morgan fingerprint density at radius 1 is 1.04 bits per heavy atom. The molecule has 0 saturated heterocycles. The minimum Gasteiger partial charge on any atom is -0.265 e. The van der Waals surface area contributed by atoms with Gasteiger partial charge in [-0.25, -0.2) is 13.8 Å². The zero-order valence-electron chi connectivity index (χ0n) is 15.1. The molecule has 0 aliphatic rings. The SMILES string of the molecule is CC(C)c1nn(Cc2ccccc2)c(=O)c2c1cnn2-c1ccc(F)cc1. The predicted octanol–water partition coefficient (Wildman–Crippen LogP) is 3.89. The van der Waals surface area contributed by atoms with Crippen molar-refractivity contribution in [3.05, 3.63) is 88.2 Å². The van der Waals surface area contributed by atoms with Gasteiger partial charge in [0, 0.05) is 5.39 Å². The van der Waals surface area contributed by atoms with E-state index in [1.54, 1.807) is 23.0 Å². The van der Waals surface area contributed by atoms with Crippen LogP contribution in [0.3, 0.4) is 0 Å². The van der Waals surface area contributed by atoms with E-state index in [4.69, 9.17) is 0 Å². The summed E-state index contributed by atoms with van der Waals surface area (Å²) in [6, 6.07) is 15.7. The zero-order valence-corrected chi connectivity index (χ0v) is 15.1. The molecule has 0 aliphatic heterocycles. The lowest BCUT2D eigenvalue weighted by molar-refractivity contribution is 0.612. The van der Waals surface area contributed by atoms with E-state index >= 15 is 0 Å². The van der Waals surface area contributed by atoms with Gasteiger partial charge in [-0.2, -0.15) is 10.2 Å². The zero-order chi connectivity index (χ0) is 19.0. The average molecular weight is 362 g/mol. The summed E-state index contributed by atoms with van der Waals surface area (Å²) in [6.45, 7) is 4.45. The molecular weight excluding hydrogens is 343 g/mol. The summed E-state index contributed by atoms with van der Waals surface area (Å²) in [6.07, 6.45) is 1.66. The molecule has 136 valence electrons. The highest BCUT2D eigenvalue weighted by Gasteiger charge is 2.18. The van der Waals surface area contributed by atoms with Gasteiger partial charge in [-0.3, -0.25) is 4.79 Å². The number of hydrogen-bond donors (Lipinski definition) is 0. The molecule has 2 aromatic carbocycles. The quantitative estimate of drug-likeness (QED) is 0.553. The Morgan fingerprint density at radius 3 is 2.41 bits per heavy atom. The van der Waals surface area contributed by atoms with Crippen molar-refractivity contribution in [3.63, 3.8) is 0 Å². The Labute approximate surface area is 155 Å². The highest BCUT2D eigenvalue weighted by molar-refractivity contribution is 5.82. The van der Waals surface area contributed by atoms with Crippen LogP contribution in [-0.4, -0.2) is 19.6 Å². The first-order valence-corrected chi connectivity index (χ1v) is 8.83. The summed E-state index contributed by atoms with van der Waals surface area (Å²) in [5, 5.41) is 9.72. The van der Waals surface area contributed by atoms with Gasteiger partial charge >= 0.3 is 0 Å². The van der Waals surface area contributed by atoms with Crippen LogP contribution in [0.5, 0.6) is 0 Å². The smallest absolute Gasteiger partial charge is 0.265 e. The highest BCUT2D eigenvalue weighted by Crippen LogP contribution is 2.23. The van der Waals surface area contributed by atoms with Crippen LogP contribution in [0.1, 0.15) is 31.0 Å². The highest BCUT2D eigenvalue weighted by atomic mass is 19.1. The van der Waals surface area contributed by atoms with Crippen molar-refractivity contribution < 1.29 is 4.39 Å². The molecule has 0 bridgehead atoms. The van der Waals surface area contributed by atoms with E-state index in [0.717, 1.165) is 16.6 Å². The maximum Gasteiger partial charge on any atom is 0.293 e. The Kier molecular flexibility index (Phi) is 4.32. The molecule has 4 rings (SSSR count). The first-order chi connectivity index (χ1) is 13.0. The summed E-state index contributed by atoms with van der Waals surface area (Å²) < 4.78 is 16.3. The first kappa shape index (κ1) is 17.1. The Balaban J connectivity index is 1.95. The molecule has 0 amide bonds. The van der Waals surface area contributed by atoms with Crippen molar-refractivity contribution in [2.45, 2.75) is 26.3 Å². The third-order valence-corrected chi connectivity index (χ3v) is 4.50. The Hall–Kier alpha value is -3.28. The second kappa shape index (κ2) is 6.79. The maximum absolute atomic E-state index is 13.3. The van der Waals surface area contributed by atoms with Gasteiger partial charge in [-0.1, -0.05) is 44.2 Å². The summed E-state index contributed by atoms with van der Waals surface area (Å²) in [4.78, 5) is 13.2. The van der Waals surface area contributed by atoms with Gasteiger partial charge in [0.25, 0.3) is 5.56 Å². The number of halogens is 1. The molecule has 2 aromatic heterocycles. The van der Waals surface area contributed by atoms with Gasteiger partial charge in [0.1, 0.15) is 11.3 Å². The van der Waals surface area contributed by atoms with Gasteiger partial charge in [-0.05, 0) is 35.7 Å². The van der Waals surface area contributed by atoms with E-state index in [9.17, 15) is 9.18 Å². The van der Waals surface area contributed by atoms with Gasteiger partial charge in [0.05, 0.1) is 24.1 Å². The first-order valence-electron chi connectivity index (χ1n) is 8.83. The van der Waals surface area contributed by atoms with Crippen LogP contribution in [0, 0.1) is 5.82 Å². The van der Waals surface area contributed by atoms with Crippen LogP contribution in [-0.2, 0) is 6.54 Å². The molecule has 0 N–H and O–H groups in total. The molecule has 0 radical (unpaired) electrons. The minimum atomic E-state index is -0.332. The van der Waals surface area contributed by atoms with Crippen molar-refractivity contribution in [1.29, 1.82) is 0 Å². The Bertz CT molecular complexity index is 1140. The third kappa shape index (κ3) is 3.14. The molecule has 27 heavy (non-hydrogen) atoms. The molecule has 0 atom stereocenters. The molecule has 4 aromatic rings. The van der Waals surface area contributed by atoms with Gasteiger partial charge in [-0.15, -0.1) is 0 Å². The lowest BCUT2D eigenvalue weighted by atomic mass is 10.1. The van der Waals surface area contributed by atoms with Crippen molar-refractivity contribution in [1.82, 2.24) is 19.6 Å². The van der Waals surface area contributed by atoms with Crippen molar-refractivity contribution in [2.75, 3.05) is 0 Å². The molecule has 6 heteroatoms. The van der Waals surface area contributed by atoms with Crippen molar-refractivity contribution in [3.8, 4) is 5.69 Å². The molecule has 5 nitrogen and oxygen atoms in total. The molecular formula is C21H19FN4O.